The molecule has 0 saturated carbocycles. The summed E-state index contributed by atoms with van der Waals surface area (Å²) in [5.41, 5.74) is 0.777. The number of halogens is 1. The van der Waals surface area contributed by atoms with Gasteiger partial charge in [0.25, 0.3) is 5.69 Å². The van der Waals surface area contributed by atoms with Crippen LogP contribution in [-0.4, -0.2) is 17.8 Å². The van der Waals surface area contributed by atoms with Crippen molar-refractivity contribution in [2.45, 2.75) is 6.42 Å². The zero-order valence-corrected chi connectivity index (χ0v) is 12.8. The minimum atomic E-state index is -0.483. The molecule has 6 heteroatoms. The number of hydrogen-bond donors (Lipinski definition) is 0. The van der Waals surface area contributed by atoms with Gasteiger partial charge in [-0.15, -0.1) is 0 Å². The smallest absolute Gasteiger partial charge is 0.273 e. The van der Waals surface area contributed by atoms with Crippen molar-refractivity contribution in [3.05, 3.63) is 68.2 Å². The number of nitro benzene ring substituents is 1. The van der Waals surface area contributed by atoms with Crippen LogP contribution in [0.3, 0.4) is 0 Å². The molecule has 0 aliphatic heterocycles. The van der Waals surface area contributed by atoms with Crippen LogP contribution in [0.2, 0.25) is 0 Å². The van der Waals surface area contributed by atoms with Gasteiger partial charge in [-0.25, -0.2) is 0 Å². The number of ether oxygens (including phenoxy) is 1. The molecule has 5 nitrogen and oxygen atoms in total. The maximum atomic E-state index is 12.4. The number of nitro groups is 1. The highest BCUT2D eigenvalue weighted by molar-refractivity contribution is 9.10. The standard InChI is InChI=1S/C15H12BrNO4/c1-21-11-6-7-13(16)12(9-11)15(18)8-10-4-2-3-5-14(10)17(19)20/h2-7,9H,8H2,1H3. The molecule has 2 aromatic carbocycles. The van der Waals surface area contributed by atoms with Crippen LogP contribution in [0, 0.1) is 10.1 Å². The molecule has 0 aromatic heterocycles. The third kappa shape index (κ3) is 3.46. The first-order valence-corrected chi connectivity index (χ1v) is 6.91. The Hall–Kier alpha value is -2.21. The minimum absolute atomic E-state index is 0.0388. The monoisotopic (exact) mass is 349 g/mol. The highest BCUT2D eigenvalue weighted by Crippen LogP contribution is 2.26. The summed E-state index contributed by atoms with van der Waals surface area (Å²) in [6.07, 6.45) is -0.0388. The van der Waals surface area contributed by atoms with E-state index in [0.29, 0.717) is 21.3 Å². The summed E-state index contributed by atoms with van der Waals surface area (Å²) < 4.78 is 5.72. The first-order valence-electron chi connectivity index (χ1n) is 6.12. The largest absolute Gasteiger partial charge is 0.497 e. The lowest BCUT2D eigenvalue weighted by Crippen LogP contribution is -2.07. The summed E-state index contributed by atoms with van der Waals surface area (Å²) in [6, 6.07) is 11.3. The van der Waals surface area contributed by atoms with Gasteiger partial charge < -0.3 is 4.74 Å². The van der Waals surface area contributed by atoms with Crippen molar-refractivity contribution < 1.29 is 14.5 Å². The fourth-order valence-electron chi connectivity index (χ4n) is 1.95. The zero-order valence-electron chi connectivity index (χ0n) is 11.2. The highest BCUT2D eigenvalue weighted by atomic mass is 79.9. The van der Waals surface area contributed by atoms with Crippen molar-refractivity contribution >= 4 is 27.4 Å². The van der Waals surface area contributed by atoms with E-state index in [9.17, 15) is 14.9 Å². The summed E-state index contributed by atoms with van der Waals surface area (Å²) in [6.45, 7) is 0. The van der Waals surface area contributed by atoms with E-state index in [1.807, 2.05) is 0 Å². The van der Waals surface area contributed by atoms with E-state index in [4.69, 9.17) is 4.74 Å². The molecule has 0 bridgehead atoms. The summed E-state index contributed by atoms with van der Waals surface area (Å²) in [7, 11) is 1.51. The van der Waals surface area contributed by atoms with Crippen LogP contribution in [0.5, 0.6) is 5.75 Å². The number of Topliss-reactive ketones (excluding diaryl/α,β-unsaturated/α-hetero) is 1. The maximum absolute atomic E-state index is 12.4. The summed E-state index contributed by atoms with van der Waals surface area (Å²) in [5, 5.41) is 11.0. The van der Waals surface area contributed by atoms with Crippen LogP contribution < -0.4 is 4.74 Å². The summed E-state index contributed by atoms with van der Waals surface area (Å²) >= 11 is 3.31. The van der Waals surface area contributed by atoms with Gasteiger partial charge in [0, 0.05) is 28.1 Å². The van der Waals surface area contributed by atoms with Gasteiger partial charge in [0.05, 0.1) is 12.0 Å². The molecule has 0 N–H and O–H groups in total. The Balaban J connectivity index is 2.33. The van der Waals surface area contributed by atoms with Gasteiger partial charge in [-0.1, -0.05) is 34.1 Å². The Kier molecular flexibility index (Phi) is 4.70. The second kappa shape index (κ2) is 6.49. The molecule has 2 aromatic rings. The van der Waals surface area contributed by atoms with Gasteiger partial charge in [-0.2, -0.15) is 0 Å². The maximum Gasteiger partial charge on any atom is 0.273 e. The molecule has 21 heavy (non-hydrogen) atoms. The second-order valence-electron chi connectivity index (χ2n) is 4.33. The topological polar surface area (TPSA) is 69.4 Å². The van der Waals surface area contributed by atoms with Crippen molar-refractivity contribution in [1.29, 1.82) is 0 Å². The SMILES string of the molecule is COc1ccc(Br)c(C(=O)Cc2ccccc2[N+](=O)[O-])c1. The Morgan fingerprint density at radius 3 is 2.67 bits per heavy atom. The Morgan fingerprint density at radius 2 is 2.00 bits per heavy atom. The molecular formula is C15H12BrNO4. The lowest BCUT2D eigenvalue weighted by Gasteiger charge is -2.07. The molecule has 2 rings (SSSR count). The minimum Gasteiger partial charge on any atom is -0.497 e. The lowest BCUT2D eigenvalue weighted by atomic mass is 10.0. The average Bonchev–Trinajstić information content (AvgIpc) is 2.48. The van der Waals surface area contributed by atoms with Crippen LogP contribution in [0.25, 0.3) is 0 Å². The van der Waals surface area contributed by atoms with E-state index in [2.05, 4.69) is 15.9 Å². The van der Waals surface area contributed by atoms with E-state index >= 15 is 0 Å². The number of ketones is 1. The molecule has 0 spiro atoms. The third-order valence-electron chi connectivity index (χ3n) is 3.01. The Bertz CT molecular complexity index is 700. The van der Waals surface area contributed by atoms with E-state index in [1.165, 1.54) is 13.2 Å². The van der Waals surface area contributed by atoms with Gasteiger partial charge >= 0.3 is 0 Å². The van der Waals surface area contributed by atoms with E-state index in [1.54, 1.807) is 36.4 Å². The molecular weight excluding hydrogens is 338 g/mol. The van der Waals surface area contributed by atoms with Crippen LogP contribution in [0.1, 0.15) is 15.9 Å². The van der Waals surface area contributed by atoms with Crippen molar-refractivity contribution in [2.24, 2.45) is 0 Å². The van der Waals surface area contributed by atoms with Gasteiger partial charge in [0.2, 0.25) is 0 Å². The quantitative estimate of drug-likeness (QED) is 0.467. The van der Waals surface area contributed by atoms with E-state index in [-0.39, 0.29) is 17.9 Å². The normalized spacial score (nSPS) is 10.2. The van der Waals surface area contributed by atoms with Gasteiger partial charge in [-0.3, -0.25) is 14.9 Å². The van der Waals surface area contributed by atoms with Crippen molar-refractivity contribution in [3.63, 3.8) is 0 Å². The number of benzene rings is 2. The summed E-state index contributed by atoms with van der Waals surface area (Å²) in [4.78, 5) is 22.9. The number of rotatable bonds is 5. The fourth-order valence-corrected chi connectivity index (χ4v) is 2.42. The van der Waals surface area contributed by atoms with Crippen LogP contribution in [0.15, 0.2) is 46.9 Å². The molecule has 108 valence electrons. The van der Waals surface area contributed by atoms with Crippen LogP contribution in [0.4, 0.5) is 5.69 Å². The predicted octanol–water partition coefficient (Wildman–Crippen LogP) is 3.79. The number of nitrogens with zero attached hydrogens (tertiary/aromatic N) is 1. The molecule has 0 fully saturated rings. The fraction of sp³-hybridized carbons (Fsp3) is 0.133. The van der Waals surface area contributed by atoms with Crippen molar-refractivity contribution in [1.82, 2.24) is 0 Å². The second-order valence-corrected chi connectivity index (χ2v) is 5.19. The first-order chi connectivity index (χ1) is 10.0. The molecule has 0 radical (unpaired) electrons. The number of carbonyl (C=O) groups excluding carboxylic acids is 1. The number of para-hydroxylation sites is 1. The van der Waals surface area contributed by atoms with Gasteiger partial charge in [0.15, 0.2) is 5.78 Å². The molecule has 0 atom stereocenters. The van der Waals surface area contributed by atoms with Crippen LogP contribution in [-0.2, 0) is 6.42 Å². The third-order valence-corrected chi connectivity index (χ3v) is 3.70. The first kappa shape index (κ1) is 15.2. The van der Waals surface area contributed by atoms with E-state index < -0.39 is 4.92 Å². The van der Waals surface area contributed by atoms with Gasteiger partial charge in [0.1, 0.15) is 5.75 Å². The molecule has 0 aliphatic rings. The molecule has 0 unspecified atom stereocenters. The number of methoxy groups -OCH3 is 1. The van der Waals surface area contributed by atoms with Crippen molar-refractivity contribution in [3.8, 4) is 5.75 Å². The molecule has 0 amide bonds. The molecule has 0 saturated heterocycles. The zero-order chi connectivity index (χ0) is 15.4. The van der Waals surface area contributed by atoms with Gasteiger partial charge in [-0.05, 0) is 18.2 Å². The summed E-state index contributed by atoms with van der Waals surface area (Å²) in [5.74, 6) is 0.346. The number of hydrogen-bond acceptors (Lipinski definition) is 4. The molecule has 0 heterocycles. The van der Waals surface area contributed by atoms with Crippen LogP contribution >= 0.6 is 15.9 Å². The highest BCUT2D eigenvalue weighted by Gasteiger charge is 2.18. The predicted molar refractivity (Wildman–Crippen MR) is 81.8 cm³/mol. The Labute approximate surface area is 129 Å². The Morgan fingerprint density at radius 1 is 1.29 bits per heavy atom. The lowest BCUT2D eigenvalue weighted by molar-refractivity contribution is -0.385. The molecule has 0 aliphatic carbocycles. The van der Waals surface area contributed by atoms with Crippen molar-refractivity contribution in [2.75, 3.05) is 7.11 Å². The number of carbonyl (C=O) groups is 1. The van der Waals surface area contributed by atoms with E-state index in [0.717, 1.165) is 0 Å². The average molecular weight is 350 g/mol.